The Hall–Kier alpha value is -1.53. The largest absolute Gasteiger partial charge is 0.355 e. The predicted octanol–water partition coefficient (Wildman–Crippen LogP) is 2.47. The van der Waals surface area contributed by atoms with Crippen LogP contribution in [0, 0.1) is 11.6 Å². The van der Waals surface area contributed by atoms with Crippen molar-refractivity contribution < 1.29 is 18.4 Å². The van der Waals surface area contributed by atoms with E-state index in [1.165, 1.54) is 6.07 Å². The summed E-state index contributed by atoms with van der Waals surface area (Å²) >= 11 is 0. The lowest BCUT2D eigenvalue weighted by atomic mass is 10.1. The number of carbonyl (C=O) groups is 2. The number of rotatable bonds is 9. The molecule has 4 nitrogen and oxygen atoms in total. The van der Waals surface area contributed by atoms with Gasteiger partial charge in [-0.15, -0.1) is 12.4 Å². The monoisotopic (exact) mass is 334 g/mol. The van der Waals surface area contributed by atoms with Crippen LogP contribution in [0.25, 0.3) is 0 Å². The second-order valence-electron chi connectivity index (χ2n) is 4.65. The van der Waals surface area contributed by atoms with Crippen LogP contribution in [0.4, 0.5) is 8.78 Å². The molecule has 0 aliphatic carbocycles. The maximum atomic E-state index is 13.0. The second-order valence-corrected chi connectivity index (χ2v) is 4.65. The van der Waals surface area contributed by atoms with E-state index in [1.807, 2.05) is 0 Å². The first kappa shape index (κ1) is 20.5. The molecule has 0 radical (unpaired) electrons. The van der Waals surface area contributed by atoms with Crippen LogP contribution in [0.2, 0.25) is 0 Å². The van der Waals surface area contributed by atoms with Crippen molar-refractivity contribution in [3.63, 3.8) is 0 Å². The van der Waals surface area contributed by atoms with Crippen LogP contribution in [0.15, 0.2) is 18.2 Å². The highest BCUT2D eigenvalue weighted by molar-refractivity contribution is 5.97. The number of ketones is 1. The minimum Gasteiger partial charge on any atom is -0.355 e. The zero-order valence-corrected chi connectivity index (χ0v) is 13.3. The Bertz CT molecular complexity index is 498. The van der Waals surface area contributed by atoms with Gasteiger partial charge in [-0.3, -0.25) is 9.59 Å². The third-order valence-electron chi connectivity index (χ3n) is 2.87. The van der Waals surface area contributed by atoms with E-state index in [1.54, 1.807) is 0 Å². The molecule has 2 N–H and O–H groups in total. The topological polar surface area (TPSA) is 58.2 Å². The van der Waals surface area contributed by atoms with Crippen molar-refractivity contribution in [2.24, 2.45) is 0 Å². The quantitative estimate of drug-likeness (QED) is 0.539. The predicted molar refractivity (Wildman–Crippen MR) is 83.3 cm³/mol. The molecule has 0 saturated heterocycles. The van der Waals surface area contributed by atoms with Crippen LogP contribution < -0.4 is 10.6 Å². The lowest BCUT2D eigenvalue weighted by Crippen LogP contribution is -2.32. The molecular weight excluding hydrogens is 314 g/mol. The van der Waals surface area contributed by atoms with Crippen LogP contribution in [-0.2, 0) is 4.79 Å². The fourth-order valence-electron chi connectivity index (χ4n) is 1.72. The number of hydrogen-bond donors (Lipinski definition) is 2. The number of carbonyl (C=O) groups excluding carboxylic acids is 2. The normalized spacial score (nSPS) is 9.95. The zero-order valence-electron chi connectivity index (χ0n) is 12.5. The summed E-state index contributed by atoms with van der Waals surface area (Å²) in [6.45, 7) is 4.12. The molecular formula is C15H21ClF2N2O2. The van der Waals surface area contributed by atoms with Crippen molar-refractivity contribution >= 4 is 24.1 Å². The van der Waals surface area contributed by atoms with Gasteiger partial charge in [0.25, 0.3) is 0 Å². The van der Waals surface area contributed by atoms with Crippen LogP contribution in [0.3, 0.4) is 0 Å². The Morgan fingerprint density at radius 2 is 1.77 bits per heavy atom. The van der Waals surface area contributed by atoms with Gasteiger partial charge < -0.3 is 10.6 Å². The number of halogens is 3. The van der Waals surface area contributed by atoms with Gasteiger partial charge >= 0.3 is 0 Å². The third-order valence-corrected chi connectivity index (χ3v) is 2.87. The van der Waals surface area contributed by atoms with Gasteiger partial charge in [0.15, 0.2) is 17.4 Å². The van der Waals surface area contributed by atoms with Crippen molar-refractivity contribution in [1.29, 1.82) is 0 Å². The van der Waals surface area contributed by atoms with Crippen molar-refractivity contribution in [3.8, 4) is 0 Å². The molecule has 0 aliphatic rings. The molecule has 0 spiro atoms. The Morgan fingerprint density at radius 1 is 1.05 bits per heavy atom. The number of benzene rings is 1. The summed E-state index contributed by atoms with van der Waals surface area (Å²) in [6.07, 6.45) is 1.03. The molecule has 0 fully saturated rings. The van der Waals surface area contributed by atoms with Crippen LogP contribution >= 0.6 is 12.4 Å². The molecule has 7 heteroatoms. The summed E-state index contributed by atoms with van der Waals surface area (Å²) < 4.78 is 25.7. The molecule has 22 heavy (non-hydrogen) atoms. The Morgan fingerprint density at radius 3 is 2.41 bits per heavy atom. The van der Waals surface area contributed by atoms with Gasteiger partial charge in [0.05, 0.1) is 0 Å². The summed E-state index contributed by atoms with van der Waals surface area (Å²) in [6, 6.07) is 2.97. The van der Waals surface area contributed by atoms with Gasteiger partial charge in [0, 0.05) is 31.5 Å². The van der Waals surface area contributed by atoms with E-state index in [0.29, 0.717) is 13.1 Å². The fraction of sp³-hybridized carbons (Fsp3) is 0.467. The Kier molecular flexibility index (Phi) is 10.3. The van der Waals surface area contributed by atoms with E-state index in [2.05, 4.69) is 17.6 Å². The van der Waals surface area contributed by atoms with Crippen molar-refractivity contribution in [2.75, 3.05) is 19.6 Å². The number of Topliss-reactive ketones (excluding diaryl/α,β-unsaturated/α-hetero) is 1. The molecule has 1 aromatic rings. The maximum absolute atomic E-state index is 13.0. The second kappa shape index (κ2) is 11.1. The maximum Gasteiger partial charge on any atom is 0.220 e. The van der Waals surface area contributed by atoms with E-state index in [0.717, 1.165) is 25.1 Å². The van der Waals surface area contributed by atoms with Crippen molar-refractivity contribution in [1.82, 2.24) is 10.6 Å². The standard InChI is InChI=1S/C15H20F2N2O2.ClH/c1-2-7-18-8-9-19-15(21)6-5-14(20)11-3-4-12(16)13(17)10-11;/h3-4,10,18H,2,5-9H2,1H3,(H,19,21);1H. The van der Waals surface area contributed by atoms with Gasteiger partial charge in [-0.1, -0.05) is 6.92 Å². The molecule has 0 aliphatic heterocycles. The van der Waals surface area contributed by atoms with Crippen molar-refractivity contribution in [3.05, 3.63) is 35.4 Å². The van der Waals surface area contributed by atoms with Gasteiger partial charge in [-0.05, 0) is 31.2 Å². The molecule has 1 rings (SSSR count). The Labute approximate surface area is 135 Å². The average Bonchev–Trinajstić information content (AvgIpc) is 2.47. The zero-order chi connectivity index (χ0) is 15.7. The minimum absolute atomic E-state index is 0. The van der Waals surface area contributed by atoms with Crippen LogP contribution in [0.5, 0.6) is 0 Å². The van der Waals surface area contributed by atoms with Gasteiger partial charge in [-0.2, -0.15) is 0 Å². The lowest BCUT2D eigenvalue weighted by Gasteiger charge is -2.06. The highest BCUT2D eigenvalue weighted by Gasteiger charge is 2.11. The fourth-order valence-corrected chi connectivity index (χ4v) is 1.72. The average molecular weight is 335 g/mol. The summed E-state index contributed by atoms with van der Waals surface area (Å²) in [7, 11) is 0. The molecule has 0 saturated carbocycles. The molecule has 0 aromatic heterocycles. The SMILES string of the molecule is CCCNCCNC(=O)CCC(=O)c1ccc(F)c(F)c1.Cl. The Balaban J connectivity index is 0.00000441. The summed E-state index contributed by atoms with van der Waals surface area (Å²) in [5.74, 6) is -2.67. The van der Waals surface area contributed by atoms with E-state index in [4.69, 9.17) is 0 Å². The van der Waals surface area contributed by atoms with Gasteiger partial charge in [0.2, 0.25) is 5.91 Å². The van der Waals surface area contributed by atoms with Gasteiger partial charge in [-0.25, -0.2) is 8.78 Å². The number of nitrogens with one attached hydrogen (secondary N) is 2. The smallest absolute Gasteiger partial charge is 0.220 e. The molecule has 0 unspecified atom stereocenters. The summed E-state index contributed by atoms with van der Waals surface area (Å²) in [4.78, 5) is 23.3. The lowest BCUT2D eigenvalue weighted by molar-refractivity contribution is -0.121. The van der Waals surface area contributed by atoms with Crippen LogP contribution in [-0.4, -0.2) is 31.3 Å². The highest BCUT2D eigenvalue weighted by Crippen LogP contribution is 2.11. The molecule has 0 atom stereocenters. The molecule has 1 aromatic carbocycles. The highest BCUT2D eigenvalue weighted by atomic mass is 35.5. The third kappa shape index (κ3) is 7.47. The molecule has 0 bridgehead atoms. The van der Waals surface area contributed by atoms with E-state index in [9.17, 15) is 18.4 Å². The molecule has 1 amide bonds. The first-order valence-electron chi connectivity index (χ1n) is 7.00. The van der Waals surface area contributed by atoms with Crippen LogP contribution in [0.1, 0.15) is 36.5 Å². The van der Waals surface area contributed by atoms with E-state index < -0.39 is 11.6 Å². The summed E-state index contributed by atoms with van der Waals surface area (Å²) in [5, 5.41) is 5.81. The van der Waals surface area contributed by atoms with E-state index >= 15 is 0 Å². The number of hydrogen-bond acceptors (Lipinski definition) is 3. The van der Waals surface area contributed by atoms with E-state index in [-0.39, 0.29) is 42.5 Å². The summed E-state index contributed by atoms with van der Waals surface area (Å²) in [5.41, 5.74) is 0.0753. The van der Waals surface area contributed by atoms with Gasteiger partial charge in [0.1, 0.15) is 0 Å². The van der Waals surface area contributed by atoms with Crippen molar-refractivity contribution in [2.45, 2.75) is 26.2 Å². The number of amides is 1. The molecule has 124 valence electrons. The first-order chi connectivity index (χ1) is 10.0. The molecule has 0 heterocycles. The minimum atomic E-state index is -1.06. The first-order valence-corrected chi connectivity index (χ1v) is 7.00.